The van der Waals surface area contributed by atoms with E-state index < -0.39 is 12.1 Å². The lowest BCUT2D eigenvalue weighted by molar-refractivity contribution is -0.145. The number of ether oxygens (including phenoxy) is 1. The van der Waals surface area contributed by atoms with Gasteiger partial charge in [-0.1, -0.05) is 80.1 Å². The number of hydrogen-bond donors (Lipinski definition) is 1. The molecule has 6 nitrogen and oxygen atoms in total. The molecule has 0 spiro atoms. The van der Waals surface area contributed by atoms with Gasteiger partial charge in [0.1, 0.15) is 17.1 Å². The van der Waals surface area contributed by atoms with Crippen molar-refractivity contribution in [3.63, 3.8) is 0 Å². The molecule has 0 amide bonds. The number of rotatable bonds is 10. The predicted molar refractivity (Wildman–Crippen MR) is 155 cm³/mol. The normalized spacial score (nSPS) is 12.1. The molecular weight excluding hydrogens is 502 g/mol. The van der Waals surface area contributed by atoms with Gasteiger partial charge in [-0.2, -0.15) is 0 Å². The Kier molecular flexibility index (Phi) is 7.06. The minimum absolute atomic E-state index is 0.285. The first-order valence-electron chi connectivity index (χ1n) is 13.5. The fourth-order valence-electron chi connectivity index (χ4n) is 4.99. The average molecular weight is 532 g/mol. The minimum Gasteiger partial charge on any atom is -0.478 e. The van der Waals surface area contributed by atoms with E-state index in [1.807, 2.05) is 84.9 Å². The largest absolute Gasteiger partial charge is 0.478 e. The summed E-state index contributed by atoms with van der Waals surface area (Å²) in [5.74, 6) is 1.63. The Hall–Kier alpha value is -4.84. The topological polar surface area (TPSA) is 85.7 Å². The van der Waals surface area contributed by atoms with E-state index in [4.69, 9.17) is 13.6 Å². The van der Waals surface area contributed by atoms with Gasteiger partial charge in [-0.3, -0.25) is 0 Å². The van der Waals surface area contributed by atoms with Gasteiger partial charge >= 0.3 is 5.97 Å². The van der Waals surface area contributed by atoms with Crippen LogP contribution in [0.5, 0.6) is 5.75 Å². The zero-order valence-electron chi connectivity index (χ0n) is 22.2. The van der Waals surface area contributed by atoms with Crippen molar-refractivity contribution in [3.8, 4) is 28.5 Å². The molecule has 4 aromatic carbocycles. The summed E-state index contributed by atoms with van der Waals surface area (Å²) in [7, 11) is 0. The monoisotopic (exact) mass is 531 g/mol. The molecule has 40 heavy (non-hydrogen) atoms. The molecule has 0 saturated carbocycles. The van der Waals surface area contributed by atoms with Crippen molar-refractivity contribution in [3.05, 3.63) is 109 Å². The Morgan fingerprint density at radius 3 is 2.52 bits per heavy atom. The van der Waals surface area contributed by atoms with E-state index in [1.54, 1.807) is 12.3 Å². The number of nitrogens with zero attached hydrogens (tertiary/aromatic N) is 1. The summed E-state index contributed by atoms with van der Waals surface area (Å²) in [6.45, 7) is 2.16. The second-order valence-electron chi connectivity index (χ2n) is 9.89. The molecule has 0 aliphatic heterocycles. The molecule has 2 heterocycles. The van der Waals surface area contributed by atoms with Crippen LogP contribution < -0.4 is 4.74 Å². The van der Waals surface area contributed by atoms with Crippen LogP contribution in [0, 0.1) is 0 Å². The predicted octanol–water partition coefficient (Wildman–Crippen LogP) is 8.33. The second kappa shape index (κ2) is 11.1. The fraction of sp³-hybridized carbons (Fsp3) is 0.176. The van der Waals surface area contributed by atoms with Crippen LogP contribution in [0.2, 0.25) is 0 Å². The molecule has 6 aromatic rings. The summed E-state index contributed by atoms with van der Waals surface area (Å²) in [5, 5.41) is 12.6. The van der Waals surface area contributed by atoms with Crippen LogP contribution >= 0.6 is 0 Å². The number of aliphatic carboxylic acids is 1. The highest BCUT2D eigenvalue weighted by molar-refractivity contribution is 5.94. The first kappa shape index (κ1) is 25.4. The smallest absolute Gasteiger partial charge is 0.345 e. The maximum Gasteiger partial charge on any atom is 0.345 e. The van der Waals surface area contributed by atoms with Crippen LogP contribution in [-0.2, 0) is 17.6 Å². The minimum atomic E-state index is -0.997. The highest BCUT2D eigenvalue weighted by atomic mass is 16.5. The molecule has 1 atom stereocenters. The number of fused-ring (bicyclic) bond motifs is 2. The summed E-state index contributed by atoms with van der Waals surface area (Å²) in [4.78, 5) is 16.5. The number of hydrogen-bond acceptors (Lipinski definition) is 5. The molecule has 200 valence electrons. The van der Waals surface area contributed by atoms with Gasteiger partial charge < -0.3 is 18.7 Å². The van der Waals surface area contributed by atoms with Crippen LogP contribution in [0.1, 0.15) is 31.1 Å². The molecule has 0 fully saturated rings. The number of benzene rings is 4. The van der Waals surface area contributed by atoms with Crippen LogP contribution in [0.4, 0.5) is 0 Å². The molecule has 1 N–H and O–H groups in total. The van der Waals surface area contributed by atoms with Crippen molar-refractivity contribution in [2.45, 2.75) is 38.7 Å². The molecular formula is C34H29NO5. The van der Waals surface area contributed by atoms with Crippen molar-refractivity contribution in [1.29, 1.82) is 0 Å². The van der Waals surface area contributed by atoms with E-state index in [9.17, 15) is 9.90 Å². The molecule has 0 radical (unpaired) electrons. The number of furan rings is 1. The SMILES string of the molecule is CCCCc1oc2ccccc2c1-c1ncc(-c2ccc3cc(OC(Cc4ccccc4)C(=O)O)ccc3c2)o1. The van der Waals surface area contributed by atoms with E-state index in [2.05, 4.69) is 11.9 Å². The maximum atomic E-state index is 11.9. The van der Waals surface area contributed by atoms with Gasteiger partial charge in [-0.25, -0.2) is 9.78 Å². The van der Waals surface area contributed by atoms with Crippen molar-refractivity contribution < 1.29 is 23.5 Å². The maximum absolute atomic E-state index is 11.9. The van der Waals surface area contributed by atoms with E-state index in [0.29, 0.717) is 17.4 Å². The molecule has 6 heteroatoms. The van der Waals surface area contributed by atoms with Crippen molar-refractivity contribution >= 4 is 27.7 Å². The van der Waals surface area contributed by atoms with Crippen LogP contribution in [-0.4, -0.2) is 22.2 Å². The lowest BCUT2D eigenvalue weighted by Gasteiger charge is -2.16. The first-order chi connectivity index (χ1) is 19.6. The number of carbonyl (C=O) groups is 1. The third kappa shape index (κ3) is 5.21. The lowest BCUT2D eigenvalue weighted by Crippen LogP contribution is -2.29. The number of oxazole rings is 1. The van der Waals surface area contributed by atoms with Crippen molar-refractivity contribution in [2.75, 3.05) is 0 Å². The lowest BCUT2D eigenvalue weighted by atomic mass is 10.1. The van der Waals surface area contributed by atoms with Gasteiger partial charge in [0, 0.05) is 23.8 Å². The first-order valence-corrected chi connectivity index (χ1v) is 13.5. The summed E-state index contributed by atoms with van der Waals surface area (Å²) in [5.41, 5.74) is 3.56. The third-order valence-electron chi connectivity index (χ3n) is 7.06. The Labute approximate surface area is 231 Å². The van der Waals surface area contributed by atoms with E-state index >= 15 is 0 Å². The van der Waals surface area contributed by atoms with Gasteiger partial charge in [-0.15, -0.1) is 0 Å². The Balaban J connectivity index is 1.26. The standard InChI is InChI=1S/C34H29NO5/c1-2-3-12-29-32(27-11-7-8-13-28(27)39-29)33-35-21-31(40-33)25-15-14-24-20-26(17-16-23(24)19-25)38-30(34(36)37)18-22-9-5-4-6-10-22/h4-11,13-17,19-21,30H,2-3,12,18H2,1H3,(H,36,37). The van der Waals surface area contributed by atoms with E-state index in [0.717, 1.165) is 63.5 Å². The summed E-state index contributed by atoms with van der Waals surface area (Å²) >= 11 is 0. The summed E-state index contributed by atoms with van der Waals surface area (Å²) in [6.07, 6.45) is 3.98. The third-order valence-corrected chi connectivity index (χ3v) is 7.06. The van der Waals surface area contributed by atoms with Gasteiger partial charge in [0.2, 0.25) is 5.89 Å². The number of para-hydroxylation sites is 1. The molecule has 0 aliphatic carbocycles. The van der Waals surface area contributed by atoms with Crippen molar-refractivity contribution in [1.82, 2.24) is 4.98 Å². The van der Waals surface area contributed by atoms with Gasteiger partial charge in [0.25, 0.3) is 0 Å². The quantitative estimate of drug-likeness (QED) is 0.191. The zero-order chi connectivity index (χ0) is 27.5. The van der Waals surface area contributed by atoms with E-state index in [-0.39, 0.29) is 6.42 Å². The highest BCUT2D eigenvalue weighted by Gasteiger charge is 2.22. The number of aryl methyl sites for hydroxylation is 1. The Morgan fingerprint density at radius 1 is 0.925 bits per heavy atom. The van der Waals surface area contributed by atoms with Gasteiger partial charge in [0.15, 0.2) is 11.9 Å². The van der Waals surface area contributed by atoms with Crippen molar-refractivity contribution in [2.24, 2.45) is 0 Å². The van der Waals surface area contributed by atoms with Crippen LogP contribution in [0.3, 0.4) is 0 Å². The average Bonchev–Trinajstić information content (AvgIpc) is 3.60. The molecule has 1 unspecified atom stereocenters. The molecule has 0 aliphatic rings. The zero-order valence-corrected chi connectivity index (χ0v) is 22.2. The second-order valence-corrected chi connectivity index (χ2v) is 9.89. The number of carboxylic acid groups (broad SMARTS) is 1. The number of unbranched alkanes of at least 4 members (excludes halogenated alkanes) is 1. The highest BCUT2D eigenvalue weighted by Crippen LogP contribution is 2.37. The fourth-order valence-corrected chi connectivity index (χ4v) is 4.99. The van der Waals surface area contributed by atoms with Gasteiger partial charge in [-0.05, 0) is 47.0 Å². The number of aromatic nitrogens is 1. The summed E-state index contributed by atoms with van der Waals surface area (Å²) < 4.78 is 18.3. The van der Waals surface area contributed by atoms with Crippen LogP contribution in [0.15, 0.2) is 106 Å². The van der Waals surface area contributed by atoms with Gasteiger partial charge in [0.05, 0.1) is 11.8 Å². The van der Waals surface area contributed by atoms with Crippen LogP contribution in [0.25, 0.3) is 44.5 Å². The number of carboxylic acids is 1. The van der Waals surface area contributed by atoms with E-state index in [1.165, 1.54) is 0 Å². The molecule has 6 rings (SSSR count). The Morgan fingerprint density at radius 2 is 1.70 bits per heavy atom. The summed E-state index contributed by atoms with van der Waals surface area (Å²) in [6, 6.07) is 29.0. The Bertz CT molecular complexity index is 1780. The molecule has 0 bridgehead atoms. The molecule has 0 saturated heterocycles. The molecule has 2 aromatic heterocycles.